The number of halogens is 1. The molecule has 1 unspecified atom stereocenters. The Morgan fingerprint density at radius 3 is 2.57 bits per heavy atom. The zero-order valence-corrected chi connectivity index (χ0v) is 20.3. The van der Waals surface area contributed by atoms with Gasteiger partial charge in [-0.05, 0) is 25.7 Å². The molecule has 0 aromatic carbocycles. The summed E-state index contributed by atoms with van der Waals surface area (Å²) in [6, 6.07) is 0. The molecule has 0 radical (unpaired) electrons. The summed E-state index contributed by atoms with van der Waals surface area (Å²) in [5, 5.41) is 6.81. The minimum atomic E-state index is 0. The zero-order chi connectivity index (χ0) is 18.7. The van der Waals surface area contributed by atoms with Crippen molar-refractivity contribution in [2.75, 3.05) is 57.8 Å². The summed E-state index contributed by atoms with van der Waals surface area (Å²) < 4.78 is 0. The Morgan fingerprint density at radius 2 is 1.93 bits per heavy atom. The fourth-order valence-corrected chi connectivity index (χ4v) is 6.58. The van der Waals surface area contributed by atoms with Gasteiger partial charge < -0.3 is 15.5 Å². The Labute approximate surface area is 191 Å². The monoisotopic (exact) mass is 521 g/mol. The predicted octanol–water partition coefficient (Wildman–Crippen LogP) is 2.14. The Morgan fingerprint density at radius 1 is 1.18 bits per heavy atom. The van der Waals surface area contributed by atoms with Crippen LogP contribution in [0.4, 0.5) is 0 Å². The molecule has 3 aliphatic heterocycles. The highest BCUT2D eigenvalue weighted by Gasteiger charge is 2.43. The average Bonchev–Trinajstić information content (AvgIpc) is 3.31. The van der Waals surface area contributed by atoms with Gasteiger partial charge in [0.15, 0.2) is 5.96 Å². The van der Waals surface area contributed by atoms with Crippen LogP contribution in [0.2, 0.25) is 0 Å². The number of hydrogen-bond acceptors (Lipinski definition) is 4. The van der Waals surface area contributed by atoms with Crippen LogP contribution in [-0.2, 0) is 4.79 Å². The quantitative estimate of drug-likeness (QED) is 0.339. The van der Waals surface area contributed by atoms with Gasteiger partial charge in [-0.3, -0.25) is 14.7 Å². The third-order valence-corrected chi connectivity index (χ3v) is 8.10. The predicted molar refractivity (Wildman–Crippen MR) is 128 cm³/mol. The molecule has 1 spiro atoms. The molecular weight excluding hydrogens is 485 g/mol. The summed E-state index contributed by atoms with van der Waals surface area (Å²) in [5.74, 6) is 3.79. The van der Waals surface area contributed by atoms with E-state index >= 15 is 0 Å². The standard InChI is InChI=1S/C20H35N5OS.HI/c1-21-18(24-8-4-5-19(16-24)13-17(26)22-14-19)23-15-20(6-2-3-7-20)25-9-11-27-12-10-25;/h2-16H2,1H3,(H,21,23)(H,22,26);1H. The van der Waals surface area contributed by atoms with Crippen molar-refractivity contribution in [3.8, 4) is 0 Å². The second-order valence-corrected chi connectivity index (χ2v) is 10.1. The number of likely N-dealkylation sites (tertiary alicyclic amines) is 1. The van der Waals surface area contributed by atoms with Gasteiger partial charge in [-0.15, -0.1) is 24.0 Å². The molecule has 1 aliphatic carbocycles. The van der Waals surface area contributed by atoms with Crippen molar-refractivity contribution >= 4 is 47.6 Å². The topological polar surface area (TPSA) is 60.0 Å². The van der Waals surface area contributed by atoms with E-state index in [9.17, 15) is 4.79 Å². The third-order valence-electron chi connectivity index (χ3n) is 7.16. The van der Waals surface area contributed by atoms with E-state index < -0.39 is 0 Å². The molecule has 1 saturated carbocycles. The molecule has 2 N–H and O–H groups in total. The fraction of sp³-hybridized carbons (Fsp3) is 0.900. The maximum Gasteiger partial charge on any atom is 0.220 e. The first-order valence-electron chi connectivity index (χ1n) is 10.7. The van der Waals surface area contributed by atoms with Crippen molar-refractivity contribution in [3.05, 3.63) is 0 Å². The number of thioether (sulfide) groups is 1. The second kappa shape index (κ2) is 9.73. The van der Waals surface area contributed by atoms with E-state index in [1.165, 1.54) is 50.3 Å². The minimum Gasteiger partial charge on any atom is -0.355 e. The smallest absolute Gasteiger partial charge is 0.220 e. The summed E-state index contributed by atoms with van der Waals surface area (Å²) in [4.78, 5) is 21.6. The van der Waals surface area contributed by atoms with Crippen molar-refractivity contribution in [2.24, 2.45) is 10.4 Å². The Kier molecular flexibility index (Phi) is 7.80. The number of piperidine rings is 1. The molecule has 3 saturated heterocycles. The van der Waals surface area contributed by atoms with Crippen LogP contribution in [0.25, 0.3) is 0 Å². The van der Waals surface area contributed by atoms with Gasteiger partial charge in [0.25, 0.3) is 0 Å². The van der Waals surface area contributed by atoms with Crippen molar-refractivity contribution in [2.45, 2.75) is 50.5 Å². The largest absolute Gasteiger partial charge is 0.355 e. The molecule has 3 heterocycles. The first-order chi connectivity index (χ1) is 13.1. The molecule has 0 bridgehead atoms. The molecule has 0 aromatic heterocycles. The van der Waals surface area contributed by atoms with Crippen molar-refractivity contribution < 1.29 is 4.79 Å². The van der Waals surface area contributed by atoms with Crippen molar-refractivity contribution in [1.29, 1.82) is 0 Å². The highest BCUT2D eigenvalue weighted by atomic mass is 127. The molecule has 160 valence electrons. The van der Waals surface area contributed by atoms with Crippen LogP contribution in [0.15, 0.2) is 4.99 Å². The van der Waals surface area contributed by atoms with Gasteiger partial charge in [-0.2, -0.15) is 11.8 Å². The number of hydrogen-bond donors (Lipinski definition) is 2. The molecule has 0 aromatic rings. The molecular formula is C20H36IN5OS. The minimum absolute atomic E-state index is 0. The maximum absolute atomic E-state index is 11.8. The summed E-state index contributed by atoms with van der Waals surface area (Å²) in [6.45, 7) is 6.28. The van der Waals surface area contributed by atoms with E-state index in [0.717, 1.165) is 45.0 Å². The SMILES string of the molecule is CN=C(NCC1(N2CCSCC2)CCCC1)N1CCCC2(CNC(=O)C2)C1.I. The van der Waals surface area contributed by atoms with Gasteiger partial charge >= 0.3 is 0 Å². The third kappa shape index (κ3) is 4.74. The van der Waals surface area contributed by atoms with Gasteiger partial charge in [0.2, 0.25) is 5.91 Å². The summed E-state index contributed by atoms with van der Waals surface area (Å²) in [6.07, 6.45) is 8.29. The van der Waals surface area contributed by atoms with Crippen LogP contribution in [0.1, 0.15) is 44.9 Å². The van der Waals surface area contributed by atoms with E-state index in [4.69, 9.17) is 0 Å². The van der Waals surface area contributed by atoms with Gasteiger partial charge in [0.05, 0.1) is 0 Å². The molecule has 1 atom stereocenters. The lowest BCUT2D eigenvalue weighted by Gasteiger charge is -2.45. The fourth-order valence-electron chi connectivity index (χ4n) is 5.68. The number of amides is 1. The first kappa shape index (κ1) is 22.5. The molecule has 4 rings (SSSR count). The molecule has 4 fully saturated rings. The van der Waals surface area contributed by atoms with Crippen LogP contribution in [0, 0.1) is 5.41 Å². The number of carbonyl (C=O) groups excluding carboxylic acids is 1. The van der Waals surface area contributed by atoms with E-state index in [-0.39, 0.29) is 35.3 Å². The lowest BCUT2D eigenvalue weighted by Crippen LogP contribution is -2.59. The average molecular weight is 522 g/mol. The number of carbonyl (C=O) groups is 1. The highest BCUT2D eigenvalue weighted by Crippen LogP contribution is 2.37. The van der Waals surface area contributed by atoms with Gasteiger partial charge in [-0.25, -0.2) is 0 Å². The summed E-state index contributed by atoms with van der Waals surface area (Å²) in [7, 11) is 1.90. The highest BCUT2D eigenvalue weighted by molar-refractivity contribution is 14.0. The lowest BCUT2D eigenvalue weighted by molar-refractivity contribution is -0.119. The molecule has 28 heavy (non-hydrogen) atoms. The van der Waals surface area contributed by atoms with E-state index in [2.05, 4.69) is 37.2 Å². The normalized spacial score (nSPS) is 31.0. The van der Waals surface area contributed by atoms with Crippen LogP contribution in [0.3, 0.4) is 0 Å². The van der Waals surface area contributed by atoms with Crippen LogP contribution in [-0.4, -0.2) is 85.0 Å². The molecule has 4 aliphatic rings. The van der Waals surface area contributed by atoms with Crippen LogP contribution < -0.4 is 10.6 Å². The van der Waals surface area contributed by atoms with Gasteiger partial charge in [0, 0.05) is 75.2 Å². The number of rotatable bonds is 3. The van der Waals surface area contributed by atoms with E-state index in [0.29, 0.717) is 12.0 Å². The van der Waals surface area contributed by atoms with E-state index in [1.807, 2.05) is 7.05 Å². The maximum atomic E-state index is 11.8. The molecule has 1 amide bonds. The Hall–Kier alpha value is -0.220. The van der Waals surface area contributed by atoms with E-state index in [1.54, 1.807) is 0 Å². The van der Waals surface area contributed by atoms with Crippen molar-refractivity contribution in [3.63, 3.8) is 0 Å². The van der Waals surface area contributed by atoms with Crippen LogP contribution in [0.5, 0.6) is 0 Å². The first-order valence-corrected chi connectivity index (χ1v) is 11.9. The zero-order valence-electron chi connectivity index (χ0n) is 17.2. The lowest BCUT2D eigenvalue weighted by atomic mass is 9.79. The Balaban J connectivity index is 0.00000225. The number of nitrogens with zero attached hydrogens (tertiary/aromatic N) is 3. The second-order valence-electron chi connectivity index (χ2n) is 8.91. The van der Waals surface area contributed by atoms with Crippen molar-refractivity contribution in [1.82, 2.24) is 20.4 Å². The summed E-state index contributed by atoms with van der Waals surface area (Å²) in [5.41, 5.74) is 0.428. The number of nitrogens with one attached hydrogen (secondary N) is 2. The van der Waals surface area contributed by atoms with Gasteiger partial charge in [-0.1, -0.05) is 12.8 Å². The summed E-state index contributed by atoms with van der Waals surface area (Å²) >= 11 is 2.09. The van der Waals surface area contributed by atoms with Gasteiger partial charge in [0.1, 0.15) is 0 Å². The van der Waals surface area contributed by atoms with Crippen LogP contribution >= 0.6 is 35.7 Å². The number of aliphatic imine (C=N–C) groups is 1. The number of guanidine groups is 1. The molecule has 8 heteroatoms. The Bertz CT molecular complexity index is 577. The molecule has 6 nitrogen and oxygen atoms in total.